The van der Waals surface area contributed by atoms with Gasteiger partial charge in [-0.2, -0.15) is 5.26 Å². The number of benzene rings is 2. The van der Waals surface area contributed by atoms with E-state index in [9.17, 15) is 4.79 Å². The molecule has 2 rings (SSSR count). The molecule has 0 saturated heterocycles. The SMILES string of the molecule is Cc1ccc(C(=O)Nc2ccc(C#N)cc2N)cc1C. The van der Waals surface area contributed by atoms with Gasteiger partial charge in [-0.3, -0.25) is 4.79 Å². The molecule has 2 aromatic carbocycles. The van der Waals surface area contributed by atoms with Gasteiger partial charge in [0.05, 0.1) is 23.0 Å². The zero-order chi connectivity index (χ0) is 14.7. The first kappa shape index (κ1) is 13.6. The van der Waals surface area contributed by atoms with Gasteiger partial charge in [0.2, 0.25) is 0 Å². The lowest BCUT2D eigenvalue weighted by Gasteiger charge is -2.09. The lowest BCUT2D eigenvalue weighted by molar-refractivity contribution is 0.102. The van der Waals surface area contributed by atoms with Gasteiger partial charge in [0.25, 0.3) is 5.91 Å². The first-order valence-electron chi connectivity index (χ1n) is 6.19. The van der Waals surface area contributed by atoms with Crippen molar-refractivity contribution >= 4 is 17.3 Å². The Morgan fingerprint density at radius 1 is 1.15 bits per heavy atom. The van der Waals surface area contributed by atoms with Crippen molar-refractivity contribution < 1.29 is 4.79 Å². The van der Waals surface area contributed by atoms with E-state index in [1.165, 1.54) is 6.07 Å². The maximum absolute atomic E-state index is 12.2. The molecule has 0 heterocycles. The molecule has 0 atom stereocenters. The summed E-state index contributed by atoms with van der Waals surface area (Å²) in [5.41, 5.74) is 9.94. The van der Waals surface area contributed by atoms with Crippen LogP contribution >= 0.6 is 0 Å². The highest BCUT2D eigenvalue weighted by atomic mass is 16.1. The summed E-state index contributed by atoms with van der Waals surface area (Å²) in [4.78, 5) is 12.2. The highest BCUT2D eigenvalue weighted by Gasteiger charge is 2.09. The third kappa shape index (κ3) is 2.78. The smallest absolute Gasteiger partial charge is 0.255 e. The number of rotatable bonds is 2. The largest absolute Gasteiger partial charge is 0.397 e. The number of anilines is 2. The molecule has 0 aliphatic heterocycles. The molecular weight excluding hydrogens is 250 g/mol. The summed E-state index contributed by atoms with van der Waals surface area (Å²) in [7, 11) is 0. The maximum Gasteiger partial charge on any atom is 0.255 e. The topological polar surface area (TPSA) is 78.9 Å². The van der Waals surface area contributed by atoms with Gasteiger partial charge in [0, 0.05) is 5.56 Å². The molecule has 20 heavy (non-hydrogen) atoms. The Kier molecular flexibility index (Phi) is 3.72. The summed E-state index contributed by atoms with van der Waals surface area (Å²) < 4.78 is 0. The van der Waals surface area contributed by atoms with Gasteiger partial charge in [0.1, 0.15) is 0 Å². The van der Waals surface area contributed by atoms with Gasteiger partial charge in [0.15, 0.2) is 0 Å². The molecule has 0 spiro atoms. The third-order valence-corrected chi connectivity index (χ3v) is 3.20. The number of nitrogens with zero attached hydrogens (tertiary/aromatic N) is 1. The van der Waals surface area contributed by atoms with Crippen LogP contribution in [-0.2, 0) is 0 Å². The standard InChI is InChI=1S/C16H15N3O/c1-10-3-5-13(7-11(10)2)16(20)19-15-6-4-12(9-17)8-14(15)18/h3-8H,18H2,1-2H3,(H,19,20). The van der Waals surface area contributed by atoms with Crippen molar-refractivity contribution in [3.8, 4) is 6.07 Å². The highest BCUT2D eigenvalue weighted by Crippen LogP contribution is 2.20. The summed E-state index contributed by atoms with van der Waals surface area (Å²) in [6, 6.07) is 12.3. The summed E-state index contributed by atoms with van der Waals surface area (Å²) in [6.07, 6.45) is 0. The third-order valence-electron chi connectivity index (χ3n) is 3.20. The molecule has 2 aromatic rings. The van der Waals surface area contributed by atoms with Crippen LogP contribution in [0.15, 0.2) is 36.4 Å². The number of nitrogen functional groups attached to an aromatic ring is 1. The second-order valence-electron chi connectivity index (χ2n) is 4.67. The van der Waals surface area contributed by atoms with Gasteiger partial charge in [-0.05, 0) is 55.3 Å². The fourth-order valence-corrected chi connectivity index (χ4v) is 1.82. The van der Waals surface area contributed by atoms with Gasteiger partial charge in [-0.1, -0.05) is 6.07 Å². The van der Waals surface area contributed by atoms with Crippen LogP contribution in [0.3, 0.4) is 0 Å². The average Bonchev–Trinajstić information content (AvgIpc) is 2.43. The van der Waals surface area contributed by atoms with E-state index in [-0.39, 0.29) is 5.91 Å². The second-order valence-corrected chi connectivity index (χ2v) is 4.67. The summed E-state index contributed by atoms with van der Waals surface area (Å²) in [5, 5.41) is 11.5. The summed E-state index contributed by atoms with van der Waals surface area (Å²) in [6.45, 7) is 3.96. The molecule has 0 radical (unpaired) electrons. The normalized spacial score (nSPS) is 9.85. The quantitative estimate of drug-likeness (QED) is 0.819. The molecule has 3 N–H and O–H groups in total. The van der Waals surface area contributed by atoms with Gasteiger partial charge in [-0.25, -0.2) is 0 Å². The zero-order valence-corrected chi connectivity index (χ0v) is 11.4. The van der Waals surface area contributed by atoms with Crippen LogP contribution < -0.4 is 11.1 Å². The van der Waals surface area contributed by atoms with E-state index in [0.29, 0.717) is 22.5 Å². The van der Waals surface area contributed by atoms with Gasteiger partial charge < -0.3 is 11.1 Å². The second kappa shape index (κ2) is 5.45. The number of carbonyl (C=O) groups excluding carboxylic acids is 1. The van der Waals surface area contributed by atoms with Crippen LogP contribution in [0.2, 0.25) is 0 Å². The Morgan fingerprint density at radius 3 is 2.50 bits per heavy atom. The van der Waals surface area contributed by atoms with Crippen LogP contribution in [0, 0.1) is 25.2 Å². The van der Waals surface area contributed by atoms with Crippen molar-refractivity contribution in [2.75, 3.05) is 11.1 Å². The van der Waals surface area contributed by atoms with Crippen LogP contribution in [0.25, 0.3) is 0 Å². The van der Waals surface area contributed by atoms with Crippen LogP contribution in [0.1, 0.15) is 27.0 Å². The van der Waals surface area contributed by atoms with E-state index in [4.69, 9.17) is 11.0 Å². The van der Waals surface area contributed by atoms with E-state index in [2.05, 4.69) is 5.32 Å². The van der Waals surface area contributed by atoms with E-state index in [1.54, 1.807) is 18.2 Å². The van der Waals surface area contributed by atoms with Gasteiger partial charge >= 0.3 is 0 Å². The molecule has 0 saturated carbocycles. The van der Waals surface area contributed by atoms with Crippen molar-refractivity contribution in [3.63, 3.8) is 0 Å². The summed E-state index contributed by atoms with van der Waals surface area (Å²) in [5.74, 6) is -0.218. The van der Waals surface area contributed by atoms with E-state index < -0.39 is 0 Å². The lowest BCUT2D eigenvalue weighted by atomic mass is 10.1. The predicted octanol–water partition coefficient (Wildman–Crippen LogP) is 3.01. The minimum atomic E-state index is -0.218. The first-order valence-corrected chi connectivity index (χ1v) is 6.19. The van der Waals surface area contributed by atoms with Crippen molar-refractivity contribution in [2.45, 2.75) is 13.8 Å². The minimum absolute atomic E-state index is 0.218. The summed E-state index contributed by atoms with van der Waals surface area (Å²) >= 11 is 0. The molecule has 0 aromatic heterocycles. The number of nitrogens with two attached hydrogens (primary N) is 1. The van der Waals surface area contributed by atoms with E-state index in [0.717, 1.165) is 11.1 Å². The molecular formula is C16H15N3O. The van der Waals surface area contributed by atoms with Gasteiger partial charge in [-0.15, -0.1) is 0 Å². The Balaban J connectivity index is 2.23. The van der Waals surface area contributed by atoms with Crippen molar-refractivity contribution in [2.24, 2.45) is 0 Å². The van der Waals surface area contributed by atoms with Crippen LogP contribution in [0.5, 0.6) is 0 Å². The lowest BCUT2D eigenvalue weighted by Crippen LogP contribution is -2.13. The number of nitrogens with one attached hydrogen (secondary N) is 1. The number of hydrogen-bond donors (Lipinski definition) is 2. The maximum atomic E-state index is 12.2. The van der Waals surface area contributed by atoms with Crippen molar-refractivity contribution in [1.82, 2.24) is 0 Å². The average molecular weight is 265 g/mol. The van der Waals surface area contributed by atoms with Crippen molar-refractivity contribution in [1.29, 1.82) is 5.26 Å². The Bertz CT molecular complexity index is 714. The molecule has 0 bridgehead atoms. The fraction of sp³-hybridized carbons (Fsp3) is 0.125. The van der Waals surface area contributed by atoms with Crippen LogP contribution in [0.4, 0.5) is 11.4 Å². The van der Waals surface area contributed by atoms with E-state index >= 15 is 0 Å². The monoisotopic (exact) mass is 265 g/mol. The first-order chi connectivity index (χ1) is 9.51. The predicted molar refractivity (Wildman–Crippen MR) is 79.4 cm³/mol. The Morgan fingerprint density at radius 2 is 1.90 bits per heavy atom. The number of amides is 1. The Hall–Kier alpha value is -2.80. The molecule has 1 amide bonds. The molecule has 4 nitrogen and oxygen atoms in total. The Labute approximate surface area is 117 Å². The van der Waals surface area contributed by atoms with E-state index in [1.807, 2.05) is 32.0 Å². The highest BCUT2D eigenvalue weighted by molar-refractivity contribution is 6.05. The number of aryl methyl sites for hydroxylation is 2. The number of nitriles is 1. The fourth-order valence-electron chi connectivity index (χ4n) is 1.82. The number of carbonyl (C=O) groups is 1. The number of hydrogen-bond acceptors (Lipinski definition) is 3. The molecule has 0 aliphatic carbocycles. The molecule has 100 valence electrons. The molecule has 0 aliphatic rings. The van der Waals surface area contributed by atoms with Crippen LogP contribution in [-0.4, -0.2) is 5.91 Å². The zero-order valence-electron chi connectivity index (χ0n) is 11.4. The minimum Gasteiger partial charge on any atom is -0.397 e. The molecule has 0 fully saturated rings. The molecule has 0 unspecified atom stereocenters. The van der Waals surface area contributed by atoms with Crippen molar-refractivity contribution in [3.05, 3.63) is 58.7 Å². The molecule has 4 heteroatoms.